The number of nitrogens with one attached hydrogen (secondary N) is 1. The summed E-state index contributed by atoms with van der Waals surface area (Å²) in [7, 11) is 1.67. The van der Waals surface area contributed by atoms with Crippen LogP contribution in [-0.2, 0) is 18.4 Å². The Morgan fingerprint density at radius 3 is 2.89 bits per heavy atom. The van der Waals surface area contributed by atoms with Gasteiger partial charge in [-0.05, 0) is 36.8 Å². The van der Waals surface area contributed by atoms with Crippen LogP contribution in [0.5, 0.6) is 11.5 Å². The highest BCUT2D eigenvalue weighted by atomic mass is 32.2. The smallest absolute Gasteiger partial charge is 0.261 e. The number of benzene rings is 2. The summed E-state index contributed by atoms with van der Waals surface area (Å²) in [6.45, 7) is 2.39. The first-order valence-electron chi connectivity index (χ1n) is 8.81. The van der Waals surface area contributed by atoms with Crippen molar-refractivity contribution in [3.63, 3.8) is 0 Å². The van der Waals surface area contributed by atoms with Crippen molar-refractivity contribution in [2.75, 3.05) is 6.79 Å². The molecule has 7 nitrogen and oxygen atoms in total. The Balaban J connectivity index is 1.44. The van der Waals surface area contributed by atoms with Gasteiger partial charge in [0.25, 0.3) is 5.56 Å². The topological polar surface area (TPSA) is 82.5 Å². The maximum absolute atomic E-state index is 12.5. The van der Waals surface area contributed by atoms with E-state index in [0.29, 0.717) is 34.1 Å². The van der Waals surface area contributed by atoms with Gasteiger partial charge in [0.05, 0.1) is 16.2 Å². The van der Waals surface area contributed by atoms with Crippen molar-refractivity contribution in [2.45, 2.75) is 23.9 Å². The number of para-hydroxylation sites is 1. The predicted molar refractivity (Wildman–Crippen MR) is 107 cm³/mol. The van der Waals surface area contributed by atoms with E-state index in [9.17, 15) is 9.59 Å². The minimum Gasteiger partial charge on any atom is -0.454 e. The number of thioether (sulfide) groups is 1. The number of hydrogen-bond acceptors (Lipinski definition) is 6. The molecular weight excluding hydrogens is 378 g/mol. The zero-order valence-electron chi connectivity index (χ0n) is 15.5. The normalized spacial score (nSPS) is 13.5. The molecule has 4 rings (SSSR count). The average Bonchev–Trinajstić information content (AvgIpc) is 3.17. The summed E-state index contributed by atoms with van der Waals surface area (Å²) in [4.78, 5) is 29.5. The SMILES string of the molecule is CC(Sc1nc2ccccc2c(=O)n1C)C(=O)NCc1ccc2c(c1)OCO2. The van der Waals surface area contributed by atoms with Crippen LogP contribution in [0.3, 0.4) is 0 Å². The van der Waals surface area contributed by atoms with Crippen molar-refractivity contribution in [2.24, 2.45) is 7.05 Å². The molecule has 1 aliphatic rings. The fourth-order valence-corrected chi connectivity index (χ4v) is 3.80. The first-order valence-corrected chi connectivity index (χ1v) is 9.69. The van der Waals surface area contributed by atoms with Gasteiger partial charge in [-0.3, -0.25) is 14.2 Å². The van der Waals surface area contributed by atoms with E-state index in [1.165, 1.54) is 16.3 Å². The van der Waals surface area contributed by atoms with Crippen LogP contribution < -0.4 is 20.3 Å². The van der Waals surface area contributed by atoms with Crippen molar-refractivity contribution in [3.05, 3.63) is 58.4 Å². The van der Waals surface area contributed by atoms with Crippen LogP contribution in [0.25, 0.3) is 10.9 Å². The summed E-state index contributed by atoms with van der Waals surface area (Å²) in [6.07, 6.45) is 0. The molecule has 1 aliphatic heterocycles. The monoisotopic (exact) mass is 397 g/mol. The maximum Gasteiger partial charge on any atom is 0.261 e. The van der Waals surface area contributed by atoms with E-state index in [4.69, 9.17) is 9.47 Å². The quantitative estimate of drug-likeness (QED) is 0.526. The lowest BCUT2D eigenvalue weighted by Crippen LogP contribution is -2.31. The molecule has 1 unspecified atom stereocenters. The van der Waals surface area contributed by atoms with Crippen molar-refractivity contribution >= 4 is 28.6 Å². The highest BCUT2D eigenvalue weighted by Crippen LogP contribution is 2.32. The standard InChI is InChI=1S/C20H19N3O4S/c1-12(18(24)21-10-13-7-8-16-17(9-13)27-11-26-16)28-20-22-15-6-4-3-5-14(15)19(25)23(20)2/h3-9,12H,10-11H2,1-2H3,(H,21,24). The fraction of sp³-hybridized carbons (Fsp3) is 0.250. The van der Waals surface area contributed by atoms with E-state index in [-0.39, 0.29) is 18.3 Å². The van der Waals surface area contributed by atoms with Gasteiger partial charge in [-0.15, -0.1) is 0 Å². The number of amides is 1. The zero-order valence-corrected chi connectivity index (χ0v) is 16.3. The second-order valence-electron chi connectivity index (χ2n) is 6.44. The Morgan fingerprint density at radius 2 is 2.04 bits per heavy atom. The molecule has 2 heterocycles. The molecule has 1 aromatic heterocycles. The molecule has 144 valence electrons. The van der Waals surface area contributed by atoms with Gasteiger partial charge < -0.3 is 14.8 Å². The van der Waals surface area contributed by atoms with E-state index in [0.717, 1.165) is 5.56 Å². The second kappa shape index (κ2) is 7.55. The lowest BCUT2D eigenvalue weighted by molar-refractivity contribution is -0.120. The number of hydrogen-bond donors (Lipinski definition) is 1. The first kappa shape index (κ1) is 18.4. The molecule has 0 saturated heterocycles. The Kier molecular flexibility index (Phi) is 4.95. The summed E-state index contributed by atoms with van der Waals surface area (Å²) in [5.74, 6) is 1.26. The summed E-state index contributed by atoms with van der Waals surface area (Å²) in [5.41, 5.74) is 1.42. The molecule has 28 heavy (non-hydrogen) atoms. The van der Waals surface area contributed by atoms with Gasteiger partial charge in [-0.1, -0.05) is 30.0 Å². The van der Waals surface area contributed by atoms with E-state index in [1.54, 1.807) is 26.1 Å². The number of nitrogens with zero attached hydrogens (tertiary/aromatic N) is 2. The molecule has 1 N–H and O–H groups in total. The molecule has 1 amide bonds. The highest BCUT2D eigenvalue weighted by Gasteiger charge is 2.19. The molecule has 0 saturated carbocycles. The van der Waals surface area contributed by atoms with Crippen LogP contribution in [0.15, 0.2) is 52.4 Å². The Bertz CT molecular complexity index is 1110. The summed E-state index contributed by atoms with van der Waals surface area (Å²) >= 11 is 1.26. The summed E-state index contributed by atoms with van der Waals surface area (Å²) in [6, 6.07) is 12.8. The van der Waals surface area contributed by atoms with Gasteiger partial charge in [-0.2, -0.15) is 0 Å². The van der Waals surface area contributed by atoms with Crippen molar-refractivity contribution < 1.29 is 14.3 Å². The van der Waals surface area contributed by atoms with Crippen molar-refractivity contribution in [1.82, 2.24) is 14.9 Å². The molecule has 3 aromatic rings. The third-order valence-corrected chi connectivity index (χ3v) is 5.64. The number of aromatic nitrogens is 2. The Morgan fingerprint density at radius 1 is 1.25 bits per heavy atom. The maximum atomic E-state index is 12.5. The lowest BCUT2D eigenvalue weighted by Gasteiger charge is -2.14. The summed E-state index contributed by atoms with van der Waals surface area (Å²) < 4.78 is 12.1. The molecular formula is C20H19N3O4S. The van der Waals surface area contributed by atoms with Gasteiger partial charge in [0.15, 0.2) is 16.7 Å². The van der Waals surface area contributed by atoms with Crippen LogP contribution in [-0.4, -0.2) is 27.5 Å². The Hall–Kier alpha value is -3.00. The number of carbonyl (C=O) groups is 1. The van der Waals surface area contributed by atoms with E-state index in [1.807, 2.05) is 30.3 Å². The molecule has 0 fully saturated rings. The number of fused-ring (bicyclic) bond motifs is 2. The molecule has 0 radical (unpaired) electrons. The molecule has 0 bridgehead atoms. The fourth-order valence-electron chi connectivity index (χ4n) is 2.90. The third kappa shape index (κ3) is 3.55. The highest BCUT2D eigenvalue weighted by molar-refractivity contribution is 8.00. The van der Waals surface area contributed by atoms with Crippen LogP contribution in [0, 0.1) is 0 Å². The molecule has 1 atom stereocenters. The van der Waals surface area contributed by atoms with E-state index < -0.39 is 5.25 Å². The number of rotatable bonds is 5. The molecule has 2 aromatic carbocycles. The van der Waals surface area contributed by atoms with Crippen LogP contribution in [0.4, 0.5) is 0 Å². The van der Waals surface area contributed by atoms with Crippen molar-refractivity contribution in [3.8, 4) is 11.5 Å². The minimum atomic E-state index is -0.409. The largest absolute Gasteiger partial charge is 0.454 e. The van der Waals surface area contributed by atoms with Crippen LogP contribution in [0.2, 0.25) is 0 Å². The zero-order chi connectivity index (χ0) is 19.7. The summed E-state index contributed by atoms with van der Waals surface area (Å²) in [5, 5.41) is 3.57. The van der Waals surface area contributed by atoms with Gasteiger partial charge in [0, 0.05) is 13.6 Å². The molecule has 8 heteroatoms. The van der Waals surface area contributed by atoms with E-state index >= 15 is 0 Å². The van der Waals surface area contributed by atoms with Gasteiger partial charge in [0.1, 0.15) is 0 Å². The van der Waals surface area contributed by atoms with Crippen molar-refractivity contribution in [1.29, 1.82) is 0 Å². The molecule has 0 spiro atoms. The second-order valence-corrected chi connectivity index (χ2v) is 7.75. The predicted octanol–water partition coefficient (Wildman–Crippen LogP) is 2.46. The Labute approximate surface area is 165 Å². The van der Waals surface area contributed by atoms with Gasteiger partial charge >= 0.3 is 0 Å². The van der Waals surface area contributed by atoms with Crippen LogP contribution >= 0.6 is 11.8 Å². The number of ether oxygens (including phenoxy) is 2. The number of carbonyl (C=O) groups excluding carboxylic acids is 1. The van der Waals surface area contributed by atoms with Crippen LogP contribution in [0.1, 0.15) is 12.5 Å². The van der Waals surface area contributed by atoms with E-state index in [2.05, 4.69) is 10.3 Å². The van der Waals surface area contributed by atoms with Gasteiger partial charge in [-0.25, -0.2) is 4.98 Å². The minimum absolute atomic E-state index is 0.124. The molecule has 0 aliphatic carbocycles. The lowest BCUT2D eigenvalue weighted by atomic mass is 10.2. The average molecular weight is 397 g/mol. The first-order chi connectivity index (χ1) is 13.5. The van der Waals surface area contributed by atoms with Gasteiger partial charge in [0.2, 0.25) is 12.7 Å². The third-order valence-electron chi connectivity index (χ3n) is 4.50.